The number of hydrogen-bond donors (Lipinski definition) is 1. The van der Waals surface area contributed by atoms with E-state index in [2.05, 4.69) is 5.32 Å². The summed E-state index contributed by atoms with van der Waals surface area (Å²) in [5.74, 6) is -0.140. The minimum atomic E-state index is -0.327. The molecule has 1 saturated carbocycles. The lowest BCUT2D eigenvalue weighted by molar-refractivity contribution is -0.386. The van der Waals surface area contributed by atoms with E-state index in [-0.39, 0.29) is 46.9 Å². The lowest BCUT2D eigenvalue weighted by atomic mass is 9.76. The van der Waals surface area contributed by atoms with Gasteiger partial charge in [-0.25, -0.2) is 0 Å². The normalized spacial score (nSPS) is 19.6. The molecular formula is C22H27Cl2N3O3. The molecule has 1 aliphatic rings. The maximum atomic E-state index is 12.9. The van der Waals surface area contributed by atoms with Crippen molar-refractivity contribution in [3.05, 3.63) is 74.8 Å². The standard InChI is InChI=1S/C22H26ClN3O3.ClH/c1-25(2)21(17-11-5-8-14-20(17)26(28)29)16-10-4-7-13-19(16)24-22(27)15-9-3-6-12-18(15)23;/h3,5-6,8-9,11-12,14,16,19,21H,4,7,10,13H2,1-2H3,(H,24,27);1H/t16-,19-,21?;/m1./s1. The van der Waals surface area contributed by atoms with Crippen LogP contribution in [0.4, 0.5) is 5.69 Å². The number of hydrogen-bond acceptors (Lipinski definition) is 4. The van der Waals surface area contributed by atoms with Gasteiger partial charge in [0.15, 0.2) is 0 Å². The van der Waals surface area contributed by atoms with E-state index < -0.39 is 0 Å². The zero-order valence-corrected chi connectivity index (χ0v) is 18.7. The highest BCUT2D eigenvalue weighted by Crippen LogP contribution is 2.40. The van der Waals surface area contributed by atoms with Crippen molar-refractivity contribution >= 4 is 35.6 Å². The van der Waals surface area contributed by atoms with Crippen LogP contribution in [0, 0.1) is 16.0 Å². The maximum absolute atomic E-state index is 12.9. The third-order valence-electron chi connectivity index (χ3n) is 5.67. The fourth-order valence-corrected chi connectivity index (χ4v) is 4.63. The van der Waals surface area contributed by atoms with E-state index in [1.807, 2.05) is 31.1 Å². The molecule has 30 heavy (non-hydrogen) atoms. The van der Waals surface area contributed by atoms with Gasteiger partial charge in [-0.15, -0.1) is 12.4 Å². The number of nitro benzene ring substituents is 1. The Balaban J connectivity index is 0.00000320. The number of nitro groups is 1. The molecule has 0 bridgehead atoms. The first kappa shape index (κ1) is 24.1. The van der Waals surface area contributed by atoms with Gasteiger partial charge in [0.2, 0.25) is 0 Å². The Kier molecular flexibility index (Phi) is 8.65. The summed E-state index contributed by atoms with van der Waals surface area (Å²) >= 11 is 6.19. The van der Waals surface area contributed by atoms with E-state index in [1.165, 1.54) is 0 Å². The number of rotatable bonds is 6. The number of nitrogens with zero attached hydrogens (tertiary/aromatic N) is 2. The molecule has 1 fully saturated rings. The second kappa shape index (κ2) is 10.8. The van der Waals surface area contributed by atoms with Crippen LogP contribution in [0.25, 0.3) is 0 Å². The number of benzene rings is 2. The van der Waals surface area contributed by atoms with Crippen molar-refractivity contribution in [3.8, 4) is 0 Å². The molecule has 1 N–H and O–H groups in total. The van der Waals surface area contributed by atoms with Crippen LogP contribution in [-0.2, 0) is 0 Å². The van der Waals surface area contributed by atoms with Crippen LogP contribution in [0.5, 0.6) is 0 Å². The van der Waals surface area contributed by atoms with Crippen LogP contribution >= 0.6 is 24.0 Å². The van der Waals surface area contributed by atoms with Gasteiger partial charge in [-0.1, -0.05) is 54.8 Å². The van der Waals surface area contributed by atoms with E-state index in [0.717, 1.165) is 25.7 Å². The third kappa shape index (κ3) is 5.31. The Bertz CT molecular complexity index is 891. The number of carbonyl (C=O) groups excluding carboxylic acids is 1. The molecular weight excluding hydrogens is 425 g/mol. The van der Waals surface area contributed by atoms with Gasteiger partial charge in [-0.3, -0.25) is 14.9 Å². The third-order valence-corrected chi connectivity index (χ3v) is 6.00. The van der Waals surface area contributed by atoms with E-state index in [1.54, 1.807) is 36.4 Å². The summed E-state index contributed by atoms with van der Waals surface area (Å²) in [6, 6.07) is 13.6. The summed E-state index contributed by atoms with van der Waals surface area (Å²) in [6.07, 6.45) is 3.78. The molecule has 1 amide bonds. The lowest BCUT2D eigenvalue weighted by Crippen LogP contribution is -2.47. The molecule has 0 heterocycles. The summed E-state index contributed by atoms with van der Waals surface area (Å²) in [7, 11) is 3.87. The minimum absolute atomic E-state index is 0. The predicted molar refractivity (Wildman–Crippen MR) is 121 cm³/mol. The fraction of sp³-hybridized carbons (Fsp3) is 0.409. The molecule has 6 nitrogen and oxygen atoms in total. The predicted octanol–water partition coefficient (Wildman–Crippen LogP) is 5.26. The molecule has 0 radical (unpaired) electrons. The quantitative estimate of drug-likeness (QED) is 0.479. The van der Waals surface area contributed by atoms with E-state index in [9.17, 15) is 14.9 Å². The van der Waals surface area contributed by atoms with Gasteiger partial charge in [-0.2, -0.15) is 0 Å². The monoisotopic (exact) mass is 451 g/mol. The van der Waals surface area contributed by atoms with Crippen molar-refractivity contribution in [2.45, 2.75) is 37.8 Å². The number of amides is 1. The highest BCUT2D eigenvalue weighted by molar-refractivity contribution is 6.33. The molecule has 1 unspecified atom stereocenters. The van der Waals surface area contributed by atoms with Gasteiger partial charge in [-0.05, 0) is 45.0 Å². The summed E-state index contributed by atoms with van der Waals surface area (Å²) in [6.45, 7) is 0. The van der Waals surface area contributed by atoms with Gasteiger partial charge in [0, 0.05) is 23.7 Å². The second-order valence-corrected chi connectivity index (χ2v) is 8.14. The van der Waals surface area contributed by atoms with Gasteiger partial charge < -0.3 is 10.2 Å². The molecule has 3 atom stereocenters. The maximum Gasteiger partial charge on any atom is 0.274 e. The lowest BCUT2D eigenvalue weighted by Gasteiger charge is -2.40. The highest BCUT2D eigenvalue weighted by Gasteiger charge is 2.37. The van der Waals surface area contributed by atoms with Crippen molar-refractivity contribution in [1.82, 2.24) is 10.2 Å². The van der Waals surface area contributed by atoms with Crippen molar-refractivity contribution in [1.29, 1.82) is 0 Å². The van der Waals surface area contributed by atoms with Crippen molar-refractivity contribution < 1.29 is 9.72 Å². The van der Waals surface area contributed by atoms with Crippen LogP contribution in [-0.4, -0.2) is 35.9 Å². The zero-order chi connectivity index (χ0) is 21.0. The number of halogens is 2. The topological polar surface area (TPSA) is 75.5 Å². The number of nitrogens with one attached hydrogen (secondary N) is 1. The van der Waals surface area contributed by atoms with Gasteiger partial charge in [0.25, 0.3) is 11.6 Å². The van der Waals surface area contributed by atoms with Crippen molar-refractivity contribution in [2.24, 2.45) is 5.92 Å². The Labute approximate surface area is 188 Å². The number of carbonyl (C=O) groups is 1. The molecule has 0 spiro atoms. The molecule has 162 valence electrons. The van der Waals surface area contributed by atoms with Crippen LogP contribution in [0.3, 0.4) is 0 Å². The molecule has 0 saturated heterocycles. The van der Waals surface area contributed by atoms with Crippen molar-refractivity contribution in [3.63, 3.8) is 0 Å². The van der Waals surface area contributed by atoms with E-state index in [0.29, 0.717) is 16.1 Å². The summed E-state index contributed by atoms with van der Waals surface area (Å²) in [4.78, 5) is 26.2. The molecule has 0 aliphatic heterocycles. The molecule has 0 aromatic heterocycles. The molecule has 8 heteroatoms. The fourth-order valence-electron chi connectivity index (χ4n) is 4.40. The molecule has 2 aromatic carbocycles. The Morgan fingerprint density at radius 3 is 2.43 bits per heavy atom. The molecule has 2 aromatic rings. The van der Waals surface area contributed by atoms with Gasteiger partial charge >= 0.3 is 0 Å². The van der Waals surface area contributed by atoms with Crippen molar-refractivity contribution in [2.75, 3.05) is 14.1 Å². The van der Waals surface area contributed by atoms with Gasteiger partial charge in [0.1, 0.15) is 0 Å². The summed E-state index contributed by atoms with van der Waals surface area (Å²) < 4.78 is 0. The van der Waals surface area contributed by atoms with Crippen LogP contribution < -0.4 is 5.32 Å². The zero-order valence-electron chi connectivity index (χ0n) is 17.1. The molecule has 3 rings (SSSR count). The van der Waals surface area contributed by atoms with Crippen LogP contribution in [0.1, 0.15) is 47.6 Å². The minimum Gasteiger partial charge on any atom is -0.349 e. The Hall–Kier alpha value is -2.15. The smallest absolute Gasteiger partial charge is 0.274 e. The first-order valence-corrected chi connectivity index (χ1v) is 10.2. The first-order valence-electron chi connectivity index (χ1n) is 9.85. The Morgan fingerprint density at radius 1 is 1.13 bits per heavy atom. The van der Waals surface area contributed by atoms with Crippen LogP contribution in [0.2, 0.25) is 5.02 Å². The highest BCUT2D eigenvalue weighted by atomic mass is 35.5. The summed E-state index contributed by atoms with van der Waals surface area (Å²) in [5.41, 5.74) is 1.25. The van der Waals surface area contributed by atoms with E-state index >= 15 is 0 Å². The number of para-hydroxylation sites is 1. The second-order valence-electron chi connectivity index (χ2n) is 7.73. The average molecular weight is 452 g/mol. The van der Waals surface area contributed by atoms with Crippen LogP contribution in [0.15, 0.2) is 48.5 Å². The average Bonchev–Trinajstić information content (AvgIpc) is 2.69. The SMILES string of the molecule is CN(C)C(c1ccccc1[N+](=O)[O-])[C@@H]1CCCC[C@H]1NC(=O)c1ccccc1Cl.Cl. The first-order chi connectivity index (χ1) is 13.9. The Morgan fingerprint density at radius 2 is 1.77 bits per heavy atom. The largest absolute Gasteiger partial charge is 0.349 e. The molecule has 1 aliphatic carbocycles. The van der Waals surface area contributed by atoms with E-state index in [4.69, 9.17) is 11.6 Å². The van der Waals surface area contributed by atoms with Gasteiger partial charge in [0.05, 0.1) is 15.5 Å². The summed E-state index contributed by atoms with van der Waals surface area (Å²) in [5, 5.41) is 15.2.